The van der Waals surface area contributed by atoms with E-state index in [1.165, 1.54) is 6.21 Å². The van der Waals surface area contributed by atoms with Gasteiger partial charge in [0.1, 0.15) is 12.1 Å². The van der Waals surface area contributed by atoms with Gasteiger partial charge in [0.15, 0.2) is 5.92 Å². The number of nitrogens with one attached hydrogen (secondary N) is 1. The Morgan fingerprint density at radius 2 is 1.92 bits per heavy atom. The molecule has 132 valence electrons. The van der Waals surface area contributed by atoms with E-state index in [0.29, 0.717) is 0 Å². The van der Waals surface area contributed by atoms with Crippen LogP contribution in [0.15, 0.2) is 29.3 Å². The van der Waals surface area contributed by atoms with E-state index in [2.05, 4.69) is 16.0 Å². The van der Waals surface area contributed by atoms with Gasteiger partial charge in [-0.25, -0.2) is 9.69 Å². The van der Waals surface area contributed by atoms with Crippen molar-refractivity contribution >= 4 is 41.3 Å². The highest BCUT2D eigenvalue weighted by atomic mass is 35.5. The highest BCUT2D eigenvalue weighted by Crippen LogP contribution is 2.28. The van der Waals surface area contributed by atoms with Crippen molar-refractivity contribution in [1.82, 2.24) is 5.32 Å². The summed E-state index contributed by atoms with van der Waals surface area (Å²) in [6.45, 7) is 0. The summed E-state index contributed by atoms with van der Waals surface area (Å²) in [6.07, 6.45) is 5.40. The largest absolute Gasteiger partial charge is 0.353 e. The molecule has 1 aliphatic carbocycles. The SMILES string of the molecule is [NH3+][C@H]1CCCC[C@@H]1N=C[C@H]1C(=O)NC(=O)N(c2ccccc2Cl)C1=O. The molecule has 1 aromatic carbocycles. The van der Waals surface area contributed by atoms with E-state index in [1.54, 1.807) is 24.3 Å². The van der Waals surface area contributed by atoms with Gasteiger partial charge < -0.3 is 5.73 Å². The van der Waals surface area contributed by atoms with E-state index < -0.39 is 23.8 Å². The molecule has 0 bridgehead atoms. The van der Waals surface area contributed by atoms with Crippen LogP contribution >= 0.6 is 11.6 Å². The number of carbonyl (C=O) groups excluding carboxylic acids is 3. The van der Waals surface area contributed by atoms with E-state index in [9.17, 15) is 14.4 Å². The summed E-state index contributed by atoms with van der Waals surface area (Å²) in [5.41, 5.74) is 4.33. The van der Waals surface area contributed by atoms with Gasteiger partial charge in [-0.1, -0.05) is 30.2 Å². The molecule has 0 aromatic heterocycles. The number of imide groups is 2. The van der Waals surface area contributed by atoms with E-state index in [-0.39, 0.29) is 22.8 Å². The molecule has 3 atom stereocenters. The van der Waals surface area contributed by atoms with Crippen LogP contribution in [0.2, 0.25) is 5.02 Å². The van der Waals surface area contributed by atoms with Crippen LogP contribution in [0.4, 0.5) is 10.5 Å². The fourth-order valence-electron chi connectivity index (χ4n) is 3.16. The zero-order chi connectivity index (χ0) is 18.0. The van der Waals surface area contributed by atoms with Gasteiger partial charge in [-0.3, -0.25) is 19.9 Å². The molecule has 1 saturated carbocycles. The monoisotopic (exact) mass is 363 g/mol. The second kappa shape index (κ2) is 7.33. The smallest absolute Gasteiger partial charge is 0.335 e. The first-order valence-corrected chi connectivity index (χ1v) is 8.66. The molecule has 0 unspecified atom stereocenters. The van der Waals surface area contributed by atoms with Crippen LogP contribution in [0.1, 0.15) is 25.7 Å². The van der Waals surface area contributed by atoms with Crippen molar-refractivity contribution in [3.63, 3.8) is 0 Å². The van der Waals surface area contributed by atoms with E-state index in [0.717, 1.165) is 30.6 Å². The number of rotatable bonds is 3. The van der Waals surface area contributed by atoms with Crippen molar-refractivity contribution in [3.8, 4) is 0 Å². The first-order valence-electron chi connectivity index (χ1n) is 8.28. The van der Waals surface area contributed by atoms with Crippen molar-refractivity contribution in [2.75, 3.05) is 4.90 Å². The van der Waals surface area contributed by atoms with Gasteiger partial charge in [0.2, 0.25) is 5.91 Å². The molecule has 1 aromatic rings. The number of amides is 4. The normalized spacial score (nSPS) is 27.7. The molecule has 4 N–H and O–H groups in total. The molecule has 1 saturated heterocycles. The quantitative estimate of drug-likeness (QED) is 0.621. The maximum atomic E-state index is 12.7. The maximum absolute atomic E-state index is 12.7. The Hall–Kier alpha value is -2.25. The van der Waals surface area contributed by atoms with Gasteiger partial charge in [0.05, 0.1) is 10.7 Å². The molecular weight excluding hydrogens is 344 g/mol. The summed E-state index contributed by atoms with van der Waals surface area (Å²) in [7, 11) is 0. The van der Waals surface area contributed by atoms with Crippen LogP contribution in [0.3, 0.4) is 0 Å². The average molecular weight is 364 g/mol. The van der Waals surface area contributed by atoms with E-state index in [4.69, 9.17) is 11.6 Å². The Bertz CT molecular complexity index is 736. The van der Waals surface area contributed by atoms with Crippen LogP contribution in [0.5, 0.6) is 0 Å². The van der Waals surface area contributed by atoms with Crippen LogP contribution in [0, 0.1) is 5.92 Å². The molecule has 0 radical (unpaired) electrons. The summed E-state index contributed by atoms with van der Waals surface area (Å²) >= 11 is 6.09. The number of para-hydroxylation sites is 1. The van der Waals surface area contributed by atoms with Crippen LogP contribution in [-0.2, 0) is 9.59 Å². The lowest BCUT2D eigenvalue weighted by Crippen LogP contribution is -2.66. The molecule has 4 amide bonds. The summed E-state index contributed by atoms with van der Waals surface area (Å²) in [5, 5.41) is 2.45. The Morgan fingerprint density at radius 1 is 1.20 bits per heavy atom. The lowest BCUT2D eigenvalue weighted by Gasteiger charge is -2.29. The lowest BCUT2D eigenvalue weighted by molar-refractivity contribution is -0.428. The molecule has 2 fully saturated rings. The lowest BCUT2D eigenvalue weighted by atomic mass is 9.91. The Morgan fingerprint density at radius 3 is 2.64 bits per heavy atom. The van der Waals surface area contributed by atoms with Crippen LogP contribution < -0.4 is 16.0 Å². The summed E-state index contributed by atoms with van der Waals surface area (Å²) in [5.74, 6) is -2.47. The molecule has 3 rings (SSSR count). The highest BCUT2D eigenvalue weighted by Gasteiger charge is 2.41. The number of aliphatic imine (C=N–C) groups is 1. The van der Waals surface area contributed by atoms with Gasteiger partial charge in [0.25, 0.3) is 5.91 Å². The second-order valence-electron chi connectivity index (χ2n) is 6.31. The van der Waals surface area contributed by atoms with Gasteiger partial charge in [-0.2, -0.15) is 0 Å². The highest BCUT2D eigenvalue weighted by molar-refractivity contribution is 6.38. The first kappa shape index (κ1) is 17.6. The van der Waals surface area contributed by atoms with Crippen molar-refractivity contribution in [1.29, 1.82) is 0 Å². The molecular formula is C17H20ClN4O3+. The standard InChI is InChI=1S/C17H19ClN4O3/c18-11-5-1-4-8-14(11)22-16(24)10(15(23)21-17(22)25)9-20-13-7-3-2-6-12(13)19/h1,4-5,8-10,12-13H,2-3,6-7,19H2,(H,21,23,25)/p+1/t10-,12-,13-/m0/s1. The fourth-order valence-corrected chi connectivity index (χ4v) is 3.38. The minimum atomic E-state index is -1.15. The number of quaternary nitrogens is 1. The maximum Gasteiger partial charge on any atom is 0.335 e. The second-order valence-corrected chi connectivity index (χ2v) is 6.71. The number of hydrogen-bond acceptors (Lipinski definition) is 4. The molecule has 25 heavy (non-hydrogen) atoms. The molecule has 1 heterocycles. The molecule has 2 aliphatic rings. The minimum absolute atomic E-state index is 0.000686. The average Bonchev–Trinajstić information content (AvgIpc) is 2.57. The van der Waals surface area contributed by atoms with Gasteiger partial charge in [0, 0.05) is 12.6 Å². The predicted octanol–water partition coefficient (Wildman–Crippen LogP) is 1.16. The van der Waals surface area contributed by atoms with E-state index >= 15 is 0 Å². The Balaban J connectivity index is 1.84. The van der Waals surface area contributed by atoms with Crippen molar-refractivity contribution in [3.05, 3.63) is 29.3 Å². The summed E-state index contributed by atoms with van der Waals surface area (Å²) in [6, 6.07) is 5.86. The number of halogens is 1. The van der Waals surface area contributed by atoms with E-state index in [1.807, 2.05) is 0 Å². The van der Waals surface area contributed by atoms with Crippen molar-refractivity contribution in [2.24, 2.45) is 10.9 Å². The number of carbonyl (C=O) groups is 3. The topological polar surface area (TPSA) is 106 Å². The van der Waals surface area contributed by atoms with Crippen LogP contribution in [-0.4, -0.2) is 36.1 Å². The Kier molecular flexibility index (Phi) is 5.15. The predicted molar refractivity (Wildman–Crippen MR) is 93.4 cm³/mol. The third-order valence-corrected chi connectivity index (χ3v) is 4.91. The summed E-state index contributed by atoms with van der Waals surface area (Å²) in [4.78, 5) is 42.3. The van der Waals surface area contributed by atoms with Crippen LogP contribution in [0.25, 0.3) is 0 Å². The number of barbiturate groups is 1. The molecule has 0 spiro atoms. The number of benzene rings is 1. The zero-order valence-electron chi connectivity index (χ0n) is 13.7. The summed E-state index contributed by atoms with van der Waals surface area (Å²) < 4.78 is 0. The number of urea groups is 1. The fraction of sp³-hybridized carbons (Fsp3) is 0.412. The first-order chi connectivity index (χ1) is 12.0. The minimum Gasteiger partial charge on any atom is -0.353 e. The number of nitrogens with zero attached hydrogens (tertiary/aromatic N) is 2. The Labute approximate surface area is 150 Å². The zero-order valence-corrected chi connectivity index (χ0v) is 14.4. The van der Waals surface area contributed by atoms with Gasteiger partial charge >= 0.3 is 6.03 Å². The van der Waals surface area contributed by atoms with Crippen molar-refractivity contribution in [2.45, 2.75) is 37.8 Å². The number of hydrogen-bond donors (Lipinski definition) is 2. The molecule has 7 nitrogen and oxygen atoms in total. The van der Waals surface area contributed by atoms with Gasteiger partial charge in [-0.15, -0.1) is 0 Å². The third kappa shape index (κ3) is 3.57. The van der Waals surface area contributed by atoms with Crippen molar-refractivity contribution < 1.29 is 20.1 Å². The molecule has 8 heteroatoms. The molecule has 1 aliphatic heterocycles. The number of anilines is 1. The van der Waals surface area contributed by atoms with Gasteiger partial charge in [-0.05, 0) is 25.0 Å². The third-order valence-electron chi connectivity index (χ3n) is 4.59.